The third kappa shape index (κ3) is 5.08. The van der Waals surface area contributed by atoms with Gasteiger partial charge in [-0.3, -0.25) is 18.2 Å². The Morgan fingerprint density at radius 3 is 2.02 bits per heavy atom. The van der Waals surface area contributed by atoms with Gasteiger partial charge in [-0.15, -0.1) is 0 Å². The maximum Gasteiger partial charge on any atom is 0.386 e. The second kappa shape index (κ2) is 10.8. The molecular weight excluding hydrogens is 649 g/mol. The number of fused-ring (bicyclic) bond motifs is 4. The Balaban J connectivity index is 1.17. The van der Waals surface area contributed by atoms with E-state index in [1.807, 2.05) is 0 Å². The first-order chi connectivity index (χ1) is 20.9. The highest BCUT2D eigenvalue weighted by atomic mass is 32.7. The average molecular weight is 674 g/mol. The Kier molecular flexibility index (Phi) is 7.25. The molecule has 3 aliphatic heterocycles. The van der Waals surface area contributed by atoms with Crippen molar-refractivity contribution in [1.29, 1.82) is 0 Å². The van der Waals surface area contributed by atoms with Gasteiger partial charge in [0.25, 0.3) is 0 Å². The summed E-state index contributed by atoms with van der Waals surface area (Å²) < 4.78 is 72.6. The molecule has 0 radical (unpaired) electrons. The Bertz CT molecular complexity index is 1890. The predicted molar refractivity (Wildman–Crippen MR) is 149 cm³/mol. The third-order valence-corrected chi connectivity index (χ3v) is 9.91. The second-order valence-electron chi connectivity index (χ2n) is 9.98. The standard InChI is InChI=1S/C20H24N11O10PS2/c21-15-9-17(25-3-23-15)30(5-27-9)19-11(32)13-7(38-19)1-29-44(35,36)41-14-8(2-37-42(34,43)40-13)39-20(12(14)33)31-6-28-10-16(22)24-4-26-18(10)31/h3-8,11-14,19-20,29,32-33H,1-2H2,(H,34,43)(H2,21,23,25)(H2,22,24,26)/t7?,8?,11?,12?,13?,14?,19?,20?,42-/m1/s1. The van der Waals surface area contributed by atoms with Gasteiger partial charge >= 0.3 is 17.1 Å². The summed E-state index contributed by atoms with van der Waals surface area (Å²) >= 11 is 4.05. The molecule has 4 aromatic heterocycles. The normalized spacial score (nSPS) is 36.1. The van der Waals surface area contributed by atoms with Gasteiger partial charge in [-0.25, -0.2) is 38.7 Å². The van der Waals surface area contributed by atoms with E-state index < -0.39 is 79.3 Å². The predicted octanol–water partition coefficient (Wildman–Crippen LogP) is -1.98. The number of hydrogen-bond donors (Lipinski definition) is 6. The highest BCUT2D eigenvalue weighted by Gasteiger charge is 2.52. The number of hydrogen-bond acceptors (Lipinski definition) is 18. The van der Waals surface area contributed by atoms with Crippen LogP contribution in [0.4, 0.5) is 11.6 Å². The monoisotopic (exact) mass is 673 g/mol. The molecule has 7 heterocycles. The number of ether oxygens (including phenoxy) is 2. The van der Waals surface area contributed by atoms with Gasteiger partial charge in [0.1, 0.15) is 60.3 Å². The van der Waals surface area contributed by atoms with Gasteiger partial charge in [-0.1, -0.05) is 12.2 Å². The van der Waals surface area contributed by atoms with Crippen LogP contribution in [-0.2, 0) is 37.6 Å². The molecule has 7 rings (SSSR count). The zero-order valence-electron chi connectivity index (χ0n) is 22.0. The van der Waals surface area contributed by atoms with Crippen molar-refractivity contribution in [2.45, 2.75) is 49.1 Å². The van der Waals surface area contributed by atoms with Crippen LogP contribution < -0.4 is 16.2 Å². The summed E-state index contributed by atoms with van der Waals surface area (Å²) in [5.74, 6) is 0.154. The largest absolute Gasteiger partial charge is 0.386 e. The molecule has 3 saturated heterocycles. The lowest BCUT2D eigenvalue weighted by Crippen LogP contribution is -2.45. The first kappa shape index (κ1) is 29.6. The SMILES string of the molecule is Nc1ncnc2c1ncn2C1OC2CNS(=O)(=O)OC3C(CO[P@@](=O)(S)OC2C1O)OC(n1cnc2c(N)ncnc21)C3O. The minimum atomic E-state index is -4.61. The Labute approximate surface area is 251 Å². The molecule has 236 valence electrons. The summed E-state index contributed by atoms with van der Waals surface area (Å²) in [4.78, 5) is 24.2. The zero-order valence-corrected chi connectivity index (χ0v) is 24.6. The number of imidazole rings is 2. The van der Waals surface area contributed by atoms with Gasteiger partial charge in [0.05, 0.1) is 19.3 Å². The van der Waals surface area contributed by atoms with E-state index in [1.165, 1.54) is 34.4 Å². The lowest BCUT2D eigenvalue weighted by Gasteiger charge is -2.27. The minimum Gasteiger partial charge on any atom is -0.386 e. The fourth-order valence-electron chi connectivity index (χ4n) is 5.28. The van der Waals surface area contributed by atoms with Crippen molar-refractivity contribution in [3.8, 4) is 0 Å². The van der Waals surface area contributed by atoms with Crippen molar-refractivity contribution in [3.63, 3.8) is 0 Å². The molecule has 0 amide bonds. The van der Waals surface area contributed by atoms with E-state index in [0.717, 1.165) is 0 Å². The third-order valence-electron chi connectivity index (χ3n) is 7.30. The number of anilines is 2. The fourth-order valence-corrected chi connectivity index (χ4v) is 7.73. The molecule has 44 heavy (non-hydrogen) atoms. The molecule has 0 aliphatic carbocycles. The van der Waals surface area contributed by atoms with Crippen LogP contribution in [-0.4, -0.2) is 107 Å². The van der Waals surface area contributed by atoms with E-state index >= 15 is 0 Å². The maximum atomic E-state index is 13.4. The van der Waals surface area contributed by atoms with E-state index in [9.17, 15) is 23.2 Å². The molecule has 0 bridgehead atoms. The van der Waals surface area contributed by atoms with Crippen molar-refractivity contribution >= 4 is 63.3 Å². The van der Waals surface area contributed by atoms with Crippen LogP contribution in [0.2, 0.25) is 0 Å². The summed E-state index contributed by atoms with van der Waals surface area (Å²) in [6.07, 6.45) is -6.30. The lowest BCUT2D eigenvalue weighted by molar-refractivity contribution is -0.0499. The highest BCUT2D eigenvalue weighted by molar-refractivity contribution is 8.44. The van der Waals surface area contributed by atoms with Crippen LogP contribution >= 0.6 is 19.0 Å². The van der Waals surface area contributed by atoms with Crippen molar-refractivity contribution < 1.29 is 45.9 Å². The number of nitrogens with two attached hydrogens (primary N) is 2. The van der Waals surface area contributed by atoms with E-state index in [0.29, 0.717) is 0 Å². The number of thiol groups is 1. The molecule has 3 aliphatic rings. The zero-order chi connectivity index (χ0) is 31.0. The van der Waals surface area contributed by atoms with Gasteiger partial charge in [-0.05, 0) is 0 Å². The summed E-state index contributed by atoms with van der Waals surface area (Å²) in [6, 6.07) is 0. The van der Waals surface area contributed by atoms with Gasteiger partial charge < -0.3 is 31.2 Å². The minimum absolute atomic E-state index is 0.0723. The maximum absolute atomic E-state index is 13.4. The number of nitrogens with zero attached hydrogens (tertiary/aromatic N) is 8. The molecule has 21 nitrogen and oxygen atoms in total. The van der Waals surface area contributed by atoms with Crippen LogP contribution in [0.25, 0.3) is 22.3 Å². The number of aromatic nitrogens is 8. The Morgan fingerprint density at radius 1 is 0.886 bits per heavy atom. The van der Waals surface area contributed by atoms with Crippen LogP contribution in [0.15, 0.2) is 25.3 Å². The van der Waals surface area contributed by atoms with Crippen molar-refractivity contribution in [3.05, 3.63) is 25.3 Å². The molecule has 0 spiro atoms. The quantitative estimate of drug-likeness (QED) is 0.0992. The van der Waals surface area contributed by atoms with Crippen molar-refractivity contribution in [2.24, 2.45) is 0 Å². The van der Waals surface area contributed by atoms with Crippen LogP contribution in [0, 0.1) is 0 Å². The summed E-state index contributed by atoms with van der Waals surface area (Å²) in [5, 5.41) is 22.4. The molecule has 8 unspecified atom stereocenters. The van der Waals surface area contributed by atoms with E-state index in [2.05, 4.69) is 46.9 Å². The van der Waals surface area contributed by atoms with E-state index in [-0.39, 0.29) is 34.0 Å². The van der Waals surface area contributed by atoms with Crippen molar-refractivity contribution in [1.82, 2.24) is 43.8 Å². The smallest absolute Gasteiger partial charge is 0.386 e. The van der Waals surface area contributed by atoms with Gasteiger partial charge in [0, 0.05) is 6.54 Å². The molecule has 7 N–H and O–H groups in total. The summed E-state index contributed by atoms with van der Waals surface area (Å²) in [6.45, 7) is -5.44. The fraction of sp³-hybridized carbons (Fsp3) is 0.500. The molecular formula is C20H24N11O10PS2. The second-order valence-corrected chi connectivity index (χ2v) is 14.2. The first-order valence-electron chi connectivity index (χ1n) is 12.8. The summed E-state index contributed by atoms with van der Waals surface area (Å²) in [7, 11) is -4.61. The van der Waals surface area contributed by atoms with Crippen LogP contribution in [0.3, 0.4) is 0 Å². The molecule has 4 aromatic rings. The Hall–Kier alpha value is -3.09. The van der Waals surface area contributed by atoms with Gasteiger partial charge in [-0.2, -0.15) is 13.1 Å². The Morgan fingerprint density at radius 2 is 1.43 bits per heavy atom. The first-order valence-corrected chi connectivity index (χ1v) is 16.9. The molecule has 0 saturated carbocycles. The average Bonchev–Trinajstić information content (AvgIpc) is 3.73. The molecule has 24 heteroatoms. The summed E-state index contributed by atoms with van der Waals surface area (Å²) in [5.41, 5.74) is 12.6. The topological polar surface area (TPSA) is 289 Å². The number of nitrogens with one attached hydrogen (secondary N) is 1. The van der Waals surface area contributed by atoms with Crippen molar-refractivity contribution in [2.75, 3.05) is 24.6 Å². The van der Waals surface area contributed by atoms with Gasteiger partial charge in [0.2, 0.25) is 0 Å². The lowest BCUT2D eigenvalue weighted by atomic mass is 10.1. The van der Waals surface area contributed by atoms with Crippen LogP contribution in [0.5, 0.6) is 0 Å². The molecule has 0 aromatic carbocycles. The number of rotatable bonds is 2. The van der Waals surface area contributed by atoms with Gasteiger partial charge in [0.15, 0.2) is 35.4 Å². The number of nitrogen functional groups attached to an aromatic ring is 2. The highest BCUT2D eigenvalue weighted by Crippen LogP contribution is 2.56. The van der Waals surface area contributed by atoms with E-state index in [4.69, 9.17) is 34.2 Å². The number of aliphatic hydroxyl groups is 2. The molecule has 9 atom stereocenters. The van der Waals surface area contributed by atoms with Crippen LogP contribution in [0.1, 0.15) is 12.5 Å². The number of aliphatic hydroxyl groups excluding tert-OH is 2. The molecule has 3 fully saturated rings. The van der Waals surface area contributed by atoms with E-state index in [1.54, 1.807) is 0 Å².